The number of benzene rings is 2. The van der Waals surface area contributed by atoms with E-state index < -0.39 is 0 Å². The topological polar surface area (TPSA) is 76.3 Å². The van der Waals surface area contributed by atoms with Crippen LogP contribution < -0.4 is 4.90 Å². The van der Waals surface area contributed by atoms with Gasteiger partial charge in [0.15, 0.2) is 5.78 Å². The first-order chi connectivity index (χ1) is 13.6. The number of aryl methyl sites for hydroxylation is 1. The standard InChI is InChI=1S/C21H19N3O3S/c1-14-4-2-5-16(12-14)20-22-23-21(27-20)28-13-18(25)15-7-9-17(10-8-15)24-11-3-6-19(24)26/h2,4-5,7-10,12H,3,6,11,13H2,1H3. The quantitative estimate of drug-likeness (QED) is 0.463. The van der Waals surface area contributed by atoms with Crippen molar-refractivity contribution in [3.8, 4) is 11.5 Å². The first-order valence-corrected chi connectivity index (χ1v) is 10.1. The molecule has 2 aromatic carbocycles. The SMILES string of the molecule is Cc1cccc(-c2nnc(SCC(=O)c3ccc(N4CCCC4=O)cc3)o2)c1. The van der Waals surface area contributed by atoms with Gasteiger partial charge in [0.2, 0.25) is 11.8 Å². The van der Waals surface area contributed by atoms with E-state index in [0.717, 1.165) is 29.8 Å². The van der Waals surface area contributed by atoms with Crippen LogP contribution in [-0.2, 0) is 4.79 Å². The van der Waals surface area contributed by atoms with Gasteiger partial charge in [-0.15, -0.1) is 10.2 Å². The third-order valence-corrected chi connectivity index (χ3v) is 5.39. The average molecular weight is 393 g/mol. The zero-order chi connectivity index (χ0) is 19.5. The van der Waals surface area contributed by atoms with Gasteiger partial charge in [-0.25, -0.2) is 0 Å². The van der Waals surface area contributed by atoms with Gasteiger partial charge >= 0.3 is 0 Å². The molecule has 0 radical (unpaired) electrons. The molecule has 1 saturated heterocycles. The van der Waals surface area contributed by atoms with E-state index in [1.165, 1.54) is 11.8 Å². The molecule has 1 aromatic heterocycles. The number of Topliss-reactive ketones (excluding diaryl/α,β-unsaturated/α-hetero) is 1. The highest BCUT2D eigenvalue weighted by atomic mass is 32.2. The van der Waals surface area contributed by atoms with Crippen molar-refractivity contribution in [2.75, 3.05) is 17.2 Å². The van der Waals surface area contributed by atoms with Gasteiger partial charge in [-0.3, -0.25) is 9.59 Å². The Bertz CT molecular complexity index is 1010. The zero-order valence-electron chi connectivity index (χ0n) is 15.4. The number of amides is 1. The highest BCUT2D eigenvalue weighted by molar-refractivity contribution is 7.99. The Kier molecular flexibility index (Phi) is 5.25. The molecule has 1 fully saturated rings. The molecule has 142 valence electrons. The predicted octanol–water partition coefficient (Wildman–Crippen LogP) is 4.15. The summed E-state index contributed by atoms with van der Waals surface area (Å²) in [5, 5.41) is 8.43. The molecule has 0 N–H and O–H groups in total. The second-order valence-corrected chi connectivity index (χ2v) is 7.58. The largest absolute Gasteiger partial charge is 0.411 e. The molecule has 0 spiro atoms. The molecule has 0 unspecified atom stereocenters. The van der Waals surface area contributed by atoms with Crippen LogP contribution >= 0.6 is 11.8 Å². The minimum Gasteiger partial charge on any atom is -0.411 e. The van der Waals surface area contributed by atoms with Crippen molar-refractivity contribution in [3.63, 3.8) is 0 Å². The van der Waals surface area contributed by atoms with Crippen molar-refractivity contribution in [2.24, 2.45) is 0 Å². The molecular weight excluding hydrogens is 374 g/mol. The van der Waals surface area contributed by atoms with Gasteiger partial charge in [0.1, 0.15) is 0 Å². The third-order valence-electron chi connectivity index (χ3n) is 4.57. The molecule has 0 aliphatic carbocycles. The highest BCUT2D eigenvalue weighted by Crippen LogP contribution is 2.25. The van der Waals surface area contributed by atoms with Crippen molar-refractivity contribution in [1.29, 1.82) is 0 Å². The molecule has 7 heteroatoms. The monoisotopic (exact) mass is 393 g/mol. The van der Waals surface area contributed by atoms with E-state index in [-0.39, 0.29) is 17.4 Å². The lowest BCUT2D eigenvalue weighted by molar-refractivity contribution is -0.117. The fourth-order valence-electron chi connectivity index (χ4n) is 3.12. The second-order valence-electron chi connectivity index (χ2n) is 6.65. The maximum absolute atomic E-state index is 12.4. The summed E-state index contributed by atoms with van der Waals surface area (Å²) in [5.74, 6) is 0.755. The van der Waals surface area contributed by atoms with Gasteiger partial charge in [0.25, 0.3) is 5.22 Å². The van der Waals surface area contributed by atoms with Crippen LogP contribution in [0.15, 0.2) is 58.2 Å². The molecule has 0 saturated carbocycles. The Hall–Kier alpha value is -2.93. The van der Waals surface area contributed by atoms with E-state index in [1.54, 1.807) is 17.0 Å². The van der Waals surface area contributed by atoms with Gasteiger partial charge in [-0.2, -0.15) is 0 Å². The zero-order valence-corrected chi connectivity index (χ0v) is 16.2. The molecule has 0 bridgehead atoms. The first-order valence-electron chi connectivity index (χ1n) is 9.07. The lowest BCUT2D eigenvalue weighted by Gasteiger charge is -2.15. The molecule has 1 aliphatic heterocycles. The molecule has 1 aliphatic rings. The van der Waals surface area contributed by atoms with Crippen LogP contribution in [0.25, 0.3) is 11.5 Å². The number of carbonyl (C=O) groups excluding carboxylic acids is 2. The second kappa shape index (κ2) is 7.98. The summed E-state index contributed by atoms with van der Waals surface area (Å²) in [6.07, 6.45) is 1.47. The fraction of sp³-hybridized carbons (Fsp3) is 0.238. The third kappa shape index (κ3) is 3.99. The molecule has 2 heterocycles. The van der Waals surface area contributed by atoms with Gasteiger partial charge in [-0.1, -0.05) is 29.5 Å². The summed E-state index contributed by atoms with van der Waals surface area (Å²) >= 11 is 1.22. The van der Waals surface area contributed by atoms with Crippen molar-refractivity contribution in [2.45, 2.75) is 25.0 Å². The maximum Gasteiger partial charge on any atom is 0.277 e. The summed E-state index contributed by atoms with van der Waals surface area (Å²) in [6, 6.07) is 15.0. The number of thioether (sulfide) groups is 1. The van der Waals surface area contributed by atoms with Gasteiger partial charge in [-0.05, 0) is 49.7 Å². The van der Waals surface area contributed by atoms with E-state index in [2.05, 4.69) is 10.2 Å². The number of hydrogen-bond donors (Lipinski definition) is 0. The Morgan fingerprint density at radius 2 is 2.00 bits per heavy atom. The van der Waals surface area contributed by atoms with E-state index in [4.69, 9.17) is 4.42 Å². The molecule has 3 aromatic rings. The molecular formula is C21H19N3O3S. The highest BCUT2D eigenvalue weighted by Gasteiger charge is 2.21. The van der Waals surface area contributed by atoms with Crippen LogP contribution in [0.1, 0.15) is 28.8 Å². The van der Waals surface area contributed by atoms with Crippen LogP contribution in [0.4, 0.5) is 5.69 Å². The smallest absolute Gasteiger partial charge is 0.277 e. The Morgan fingerprint density at radius 1 is 1.18 bits per heavy atom. The normalized spacial score (nSPS) is 13.9. The summed E-state index contributed by atoms with van der Waals surface area (Å²) < 4.78 is 5.65. The predicted molar refractivity (Wildman–Crippen MR) is 108 cm³/mol. The fourth-order valence-corrected chi connectivity index (χ4v) is 3.78. The summed E-state index contributed by atoms with van der Waals surface area (Å²) in [5.41, 5.74) is 3.41. The van der Waals surface area contributed by atoms with Crippen molar-refractivity contribution in [3.05, 3.63) is 59.7 Å². The number of aromatic nitrogens is 2. The Morgan fingerprint density at radius 3 is 2.71 bits per heavy atom. The summed E-state index contributed by atoms with van der Waals surface area (Å²) in [7, 11) is 0. The molecule has 0 atom stereocenters. The average Bonchev–Trinajstić information content (AvgIpc) is 3.35. The van der Waals surface area contributed by atoms with Crippen molar-refractivity contribution < 1.29 is 14.0 Å². The summed E-state index contributed by atoms with van der Waals surface area (Å²) in [4.78, 5) is 26.0. The van der Waals surface area contributed by atoms with Crippen LogP contribution in [0.5, 0.6) is 0 Å². The first kappa shape index (κ1) is 18.4. The van der Waals surface area contributed by atoms with Crippen LogP contribution in [-0.4, -0.2) is 34.2 Å². The van der Waals surface area contributed by atoms with Gasteiger partial charge < -0.3 is 9.32 Å². The van der Waals surface area contributed by atoms with Crippen molar-refractivity contribution in [1.82, 2.24) is 10.2 Å². The van der Waals surface area contributed by atoms with Gasteiger partial charge in [0, 0.05) is 29.8 Å². The van der Waals surface area contributed by atoms with Gasteiger partial charge in [0.05, 0.1) is 5.75 Å². The number of carbonyl (C=O) groups is 2. The van der Waals surface area contributed by atoms with E-state index in [1.807, 2.05) is 43.3 Å². The van der Waals surface area contributed by atoms with Crippen LogP contribution in [0.3, 0.4) is 0 Å². The van der Waals surface area contributed by atoms with E-state index in [9.17, 15) is 9.59 Å². The minimum atomic E-state index is -0.0281. The van der Waals surface area contributed by atoms with Crippen molar-refractivity contribution >= 4 is 29.1 Å². The van der Waals surface area contributed by atoms with Crippen LogP contribution in [0, 0.1) is 6.92 Å². The van der Waals surface area contributed by atoms with E-state index in [0.29, 0.717) is 23.1 Å². The molecule has 4 rings (SSSR count). The Balaban J connectivity index is 1.37. The van der Waals surface area contributed by atoms with Crippen LogP contribution in [0.2, 0.25) is 0 Å². The number of hydrogen-bond acceptors (Lipinski definition) is 6. The number of rotatable bonds is 6. The molecule has 28 heavy (non-hydrogen) atoms. The molecule has 1 amide bonds. The minimum absolute atomic E-state index is 0.0281. The lowest BCUT2D eigenvalue weighted by Crippen LogP contribution is -2.23. The number of ketones is 1. The molecule has 6 nitrogen and oxygen atoms in total. The number of nitrogens with zero attached hydrogens (tertiary/aromatic N) is 3. The maximum atomic E-state index is 12.4. The number of anilines is 1. The Labute approximate surface area is 167 Å². The summed E-state index contributed by atoms with van der Waals surface area (Å²) in [6.45, 7) is 2.74. The van der Waals surface area contributed by atoms with E-state index >= 15 is 0 Å². The lowest BCUT2D eigenvalue weighted by atomic mass is 10.1.